The van der Waals surface area contributed by atoms with E-state index >= 15 is 0 Å². The molecular formula is C14H14N4O2. The Kier molecular flexibility index (Phi) is 3.30. The molecule has 3 rings (SSSR count). The van der Waals surface area contributed by atoms with Crippen molar-refractivity contribution >= 4 is 11.6 Å². The van der Waals surface area contributed by atoms with Crippen LogP contribution in [0.1, 0.15) is 21.6 Å². The number of fused-ring (bicyclic) bond motifs is 1. The number of aromatic amines is 1. The Labute approximate surface area is 115 Å². The number of anilines is 1. The fourth-order valence-corrected chi connectivity index (χ4v) is 2.30. The first-order valence-electron chi connectivity index (χ1n) is 6.41. The quantitative estimate of drug-likeness (QED) is 0.748. The predicted molar refractivity (Wildman–Crippen MR) is 74.7 cm³/mol. The molecule has 0 atom stereocenters. The number of hydrogen-bond acceptors (Lipinski definition) is 4. The third-order valence-electron chi connectivity index (χ3n) is 3.29. The van der Waals surface area contributed by atoms with Gasteiger partial charge in [0.1, 0.15) is 5.69 Å². The van der Waals surface area contributed by atoms with E-state index in [4.69, 9.17) is 0 Å². The summed E-state index contributed by atoms with van der Waals surface area (Å²) >= 11 is 0. The van der Waals surface area contributed by atoms with E-state index in [1.807, 2.05) is 12.1 Å². The van der Waals surface area contributed by atoms with Gasteiger partial charge in [-0.05, 0) is 30.2 Å². The SMILES string of the molecule is O=C(Nc1cccc2c1CCNC2)c1c[nH]c(=O)cn1. The van der Waals surface area contributed by atoms with Gasteiger partial charge in [-0.3, -0.25) is 9.59 Å². The van der Waals surface area contributed by atoms with Gasteiger partial charge in [-0.25, -0.2) is 4.98 Å². The van der Waals surface area contributed by atoms with Crippen molar-refractivity contribution in [2.24, 2.45) is 0 Å². The van der Waals surface area contributed by atoms with Gasteiger partial charge in [-0.1, -0.05) is 12.1 Å². The van der Waals surface area contributed by atoms with E-state index in [0.717, 1.165) is 37.0 Å². The van der Waals surface area contributed by atoms with Crippen molar-refractivity contribution in [2.45, 2.75) is 13.0 Å². The summed E-state index contributed by atoms with van der Waals surface area (Å²) in [5, 5.41) is 6.15. The predicted octanol–water partition coefficient (Wildman–Crippen LogP) is 0.668. The number of benzene rings is 1. The third-order valence-corrected chi connectivity index (χ3v) is 3.29. The first-order chi connectivity index (χ1) is 9.74. The van der Waals surface area contributed by atoms with E-state index in [1.54, 1.807) is 0 Å². The van der Waals surface area contributed by atoms with Gasteiger partial charge in [-0.15, -0.1) is 0 Å². The standard InChI is InChI=1S/C14H14N4O2/c19-13-8-16-12(7-17-13)14(20)18-11-3-1-2-9-6-15-5-4-10(9)11/h1-3,7-8,15H,4-6H2,(H,17,19)(H,18,20). The number of nitrogens with zero attached hydrogens (tertiary/aromatic N) is 1. The fraction of sp³-hybridized carbons (Fsp3) is 0.214. The van der Waals surface area contributed by atoms with Crippen LogP contribution in [0.3, 0.4) is 0 Å². The normalized spacial score (nSPS) is 13.6. The first-order valence-corrected chi connectivity index (χ1v) is 6.41. The Bertz CT molecular complexity index is 688. The Morgan fingerprint density at radius 1 is 1.35 bits per heavy atom. The first kappa shape index (κ1) is 12.6. The molecule has 0 spiro atoms. The maximum atomic E-state index is 12.1. The van der Waals surface area contributed by atoms with E-state index in [1.165, 1.54) is 11.8 Å². The Balaban J connectivity index is 1.86. The van der Waals surface area contributed by atoms with E-state index < -0.39 is 0 Å². The zero-order chi connectivity index (χ0) is 13.9. The minimum absolute atomic E-state index is 0.191. The number of carbonyl (C=O) groups excluding carboxylic acids is 1. The summed E-state index contributed by atoms with van der Waals surface area (Å²) < 4.78 is 0. The molecule has 1 aromatic carbocycles. The fourth-order valence-electron chi connectivity index (χ4n) is 2.30. The number of H-pyrrole nitrogens is 1. The average Bonchev–Trinajstić information content (AvgIpc) is 2.48. The topological polar surface area (TPSA) is 86.9 Å². The van der Waals surface area contributed by atoms with Crippen molar-refractivity contribution in [3.8, 4) is 0 Å². The van der Waals surface area contributed by atoms with Crippen LogP contribution in [-0.2, 0) is 13.0 Å². The van der Waals surface area contributed by atoms with Gasteiger partial charge in [0, 0.05) is 18.4 Å². The molecule has 3 N–H and O–H groups in total. The minimum Gasteiger partial charge on any atom is -0.325 e. The lowest BCUT2D eigenvalue weighted by Gasteiger charge is -2.20. The van der Waals surface area contributed by atoms with Crippen molar-refractivity contribution in [2.75, 3.05) is 11.9 Å². The number of carbonyl (C=O) groups is 1. The van der Waals surface area contributed by atoms with Gasteiger partial charge in [0.15, 0.2) is 0 Å². The molecule has 6 heteroatoms. The summed E-state index contributed by atoms with van der Waals surface area (Å²) in [6.45, 7) is 1.72. The summed E-state index contributed by atoms with van der Waals surface area (Å²) in [5.41, 5.74) is 3.02. The van der Waals surface area contributed by atoms with Crippen molar-refractivity contribution in [1.82, 2.24) is 15.3 Å². The number of nitrogens with one attached hydrogen (secondary N) is 3. The average molecular weight is 270 g/mol. The lowest BCUT2D eigenvalue weighted by atomic mass is 9.99. The zero-order valence-corrected chi connectivity index (χ0v) is 10.8. The van der Waals surface area contributed by atoms with Gasteiger partial charge >= 0.3 is 0 Å². The summed E-state index contributed by atoms with van der Waals surface area (Å²) in [7, 11) is 0. The van der Waals surface area contributed by atoms with E-state index in [2.05, 4.69) is 26.7 Å². The van der Waals surface area contributed by atoms with Crippen molar-refractivity contribution < 1.29 is 4.79 Å². The second-order valence-electron chi connectivity index (χ2n) is 4.62. The van der Waals surface area contributed by atoms with Crippen molar-refractivity contribution in [1.29, 1.82) is 0 Å². The molecule has 0 saturated carbocycles. The molecule has 2 aromatic rings. The van der Waals surface area contributed by atoms with Gasteiger partial charge in [-0.2, -0.15) is 0 Å². The molecule has 0 fully saturated rings. The highest BCUT2D eigenvalue weighted by Crippen LogP contribution is 2.23. The van der Waals surface area contributed by atoms with Crippen LogP contribution in [0, 0.1) is 0 Å². The zero-order valence-electron chi connectivity index (χ0n) is 10.8. The molecule has 0 radical (unpaired) electrons. The molecule has 0 aliphatic carbocycles. The maximum absolute atomic E-state index is 12.1. The number of hydrogen-bond donors (Lipinski definition) is 3. The summed E-state index contributed by atoms with van der Waals surface area (Å²) in [6, 6.07) is 5.85. The minimum atomic E-state index is -0.329. The summed E-state index contributed by atoms with van der Waals surface area (Å²) in [6.07, 6.45) is 3.29. The number of amides is 1. The second-order valence-corrected chi connectivity index (χ2v) is 4.62. The van der Waals surface area contributed by atoms with Crippen molar-refractivity contribution in [3.63, 3.8) is 0 Å². The van der Waals surface area contributed by atoms with Gasteiger partial charge in [0.05, 0.1) is 6.20 Å². The second kappa shape index (κ2) is 5.26. The van der Waals surface area contributed by atoms with Crippen molar-refractivity contribution in [3.05, 3.63) is 57.8 Å². The molecule has 1 aliphatic heterocycles. The Morgan fingerprint density at radius 3 is 3.05 bits per heavy atom. The van der Waals surface area contributed by atoms with E-state index in [-0.39, 0.29) is 17.2 Å². The molecule has 20 heavy (non-hydrogen) atoms. The van der Waals surface area contributed by atoms with Crippen LogP contribution in [0.2, 0.25) is 0 Å². The highest BCUT2D eigenvalue weighted by Gasteiger charge is 2.15. The lowest BCUT2D eigenvalue weighted by molar-refractivity contribution is 0.102. The highest BCUT2D eigenvalue weighted by molar-refractivity contribution is 6.03. The van der Waals surface area contributed by atoms with Crippen LogP contribution in [0.15, 0.2) is 35.4 Å². The van der Waals surface area contributed by atoms with E-state index in [9.17, 15) is 9.59 Å². The Morgan fingerprint density at radius 2 is 2.25 bits per heavy atom. The lowest BCUT2D eigenvalue weighted by Crippen LogP contribution is -2.25. The van der Waals surface area contributed by atoms with Crippen LogP contribution >= 0.6 is 0 Å². The largest absolute Gasteiger partial charge is 0.325 e. The molecule has 6 nitrogen and oxygen atoms in total. The van der Waals surface area contributed by atoms with Gasteiger partial charge in [0.2, 0.25) is 0 Å². The summed E-state index contributed by atoms with van der Waals surface area (Å²) in [5.74, 6) is -0.326. The number of rotatable bonds is 2. The molecular weight excluding hydrogens is 256 g/mol. The van der Waals surface area contributed by atoms with Crippen LogP contribution in [0.5, 0.6) is 0 Å². The number of aromatic nitrogens is 2. The molecule has 0 unspecified atom stereocenters. The molecule has 0 bridgehead atoms. The summed E-state index contributed by atoms with van der Waals surface area (Å²) in [4.78, 5) is 29.3. The van der Waals surface area contributed by atoms with E-state index in [0.29, 0.717) is 0 Å². The highest BCUT2D eigenvalue weighted by atomic mass is 16.2. The molecule has 2 heterocycles. The monoisotopic (exact) mass is 270 g/mol. The molecule has 1 aliphatic rings. The van der Waals surface area contributed by atoms with Gasteiger partial charge in [0.25, 0.3) is 11.5 Å². The Hall–Kier alpha value is -2.47. The van der Waals surface area contributed by atoms with Crippen LogP contribution in [0.4, 0.5) is 5.69 Å². The smallest absolute Gasteiger partial charge is 0.275 e. The maximum Gasteiger partial charge on any atom is 0.275 e. The molecule has 1 amide bonds. The van der Waals surface area contributed by atoms with Crippen LogP contribution in [-0.4, -0.2) is 22.4 Å². The molecule has 0 saturated heterocycles. The molecule has 102 valence electrons. The van der Waals surface area contributed by atoms with Crippen LogP contribution in [0.25, 0.3) is 0 Å². The third kappa shape index (κ3) is 2.46. The molecule has 1 aromatic heterocycles. The van der Waals surface area contributed by atoms with Crippen LogP contribution < -0.4 is 16.2 Å². The van der Waals surface area contributed by atoms with Gasteiger partial charge < -0.3 is 15.6 Å².